The van der Waals surface area contributed by atoms with Crippen LogP contribution in [0.5, 0.6) is 11.5 Å². The number of cyclic esters (lactones) is 1. The zero-order valence-electron chi connectivity index (χ0n) is 21.5. The lowest BCUT2D eigenvalue weighted by molar-refractivity contribution is -0.884. The van der Waals surface area contributed by atoms with Crippen molar-refractivity contribution in [3.63, 3.8) is 0 Å². The van der Waals surface area contributed by atoms with Crippen molar-refractivity contribution in [1.29, 1.82) is 0 Å². The summed E-state index contributed by atoms with van der Waals surface area (Å²) in [5, 5.41) is 21.2. The van der Waals surface area contributed by atoms with E-state index in [0.29, 0.717) is 27.6 Å². The van der Waals surface area contributed by atoms with Gasteiger partial charge in [0.2, 0.25) is 0 Å². The fourth-order valence-corrected chi connectivity index (χ4v) is 4.70. The Balaban J connectivity index is 0.00000228. The van der Waals surface area contributed by atoms with Gasteiger partial charge in [0.25, 0.3) is 0 Å². The van der Waals surface area contributed by atoms with Gasteiger partial charge in [-0.05, 0) is 30.3 Å². The van der Waals surface area contributed by atoms with Gasteiger partial charge in [0, 0.05) is 27.8 Å². The molecule has 0 atom stereocenters. The summed E-state index contributed by atoms with van der Waals surface area (Å²) in [6.07, 6.45) is 0. The normalized spacial score (nSPS) is 14.3. The van der Waals surface area contributed by atoms with Crippen molar-refractivity contribution in [2.75, 3.05) is 42.3 Å². The van der Waals surface area contributed by atoms with Gasteiger partial charge in [-0.2, -0.15) is 0 Å². The second-order valence-corrected chi connectivity index (χ2v) is 11.2. The number of fused-ring (bicyclic) bond motifs is 1. The Labute approximate surface area is 247 Å². The standard InChI is InChI=1S/C28H32N2O4.2HI/c1-29(2,3)17-19-15-21(11-13-25(19)31)28(24-10-8-7-9-23(24)27(33)34-28)22-12-14-26(32)20(16-22)18-30(4,5)6;;/h7-16H,17-18H2,1-6H3;2*1H. The van der Waals surface area contributed by atoms with Crippen molar-refractivity contribution in [1.82, 2.24) is 0 Å². The van der Waals surface area contributed by atoms with Crippen LogP contribution in [0.3, 0.4) is 0 Å². The van der Waals surface area contributed by atoms with Gasteiger partial charge in [0.05, 0.1) is 47.8 Å². The Morgan fingerprint density at radius 2 is 1.17 bits per heavy atom. The number of quaternary nitrogens is 2. The summed E-state index contributed by atoms with van der Waals surface area (Å²) in [6, 6.07) is 18.3. The number of halogens is 2. The number of nitrogens with zero attached hydrogens (tertiary/aromatic N) is 2. The number of rotatable bonds is 6. The summed E-state index contributed by atoms with van der Waals surface area (Å²) >= 11 is 0. The molecule has 0 saturated carbocycles. The number of phenolic OH excluding ortho intramolecular Hbond substituents is 2. The molecule has 0 spiro atoms. The van der Waals surface area contributed by atoms with E-state index in [4.69, 9.17) is 4.74 Å². The van der Waals surface area contributed by atoms with Gasteiger partial charge in [0.15, 0.2) is 5.60 Å². The summed E-state index contributed by atoms with van der Waals surface area (Å²) in [6.45, 7) is 1.21. The van der Waals surface area contributed by atoms with E-state index in [9.17, 15) is 15.0 Å². The number of aromatic hydroxyl groups is 2. The molecule has 0 bridgehead atoms. The molecule has 194 valence electrons. The van der Waals surface area contributed by atoms with E-state index >= 15 is 0 Å². The molecule has 36 heavy (non-hydrogen) atoms. The van der Waals surface area contributed by atoms with Crippen molar-refractivity contribution in [2.45, 2.75) is 18.7 Å². The molecule has 6 nitrogen and oxygen atoms in total. The first-order chi connectivity index (χ1) is 15.8. The molecule has 0 saturated heterocycles. The molecule has 1 heterocycles. The number of hydrogen-bond acceptors (Lipinski definition) is 4. The molecule has 3 aromatic carbocycles. The first-order valence-corrected chi connectivity index (χ1v) is 11.4. The van der Waals surface area contributed by atoms with Crippen LogP contribution in [0.1, 0.15) is 38.2 Å². The van der Waals surface area contributed by atoms with Crippen molar-refractivity contribution in [3.05, 3.63) is 94.0 Å². The van der Waals surface area contributed by atoms with E-state index in [1.54, 1.807) is 18.2 Å². The minimum Gasteiger partial charge on any atom is -1.00 e. The molecule has 2 N–H and O–H groups in total. The SMILES string of the molecule is C[N+](C)(C)Cc1cc(C2(c3ccc(O)c(C[N+](C)(C)C)c3)OC(=O)c3ccccc32)ccc1O.[I-].[I-]. The predicted molar refractivity (Wildman–Crippen MR) is 131 cm³/mol. The monoisotopic (exact) mass is 716 g/mol. The number of hydrogen-bond donors (Lipinski definition) is 2. The highest BCUT2D eigenvalue weighted by Crippen LogP contribution is 2.48. The quantitative estimate of drug-likeness (QED) is 0.176. The minimum atomic E-state index is -1.19. The number of carbonyl (C=O) groups excluding carboxylic acids is 1. The summed E-state index contributed by atoms with van der Waals surface area (Å²) in [5.74, 6) is 0.0278. The van der Waals surface area contributed by atoms with Gasteiger partial charge in [-0.1, -0.05) is 30.3 Å². The highest BCUT2D eigenvalue weighted by atomic mass is 127. The van der Waals surface area contributed by atoms with E-state index in [0.717, 1.165) is 27.8 Å². The maximum atomic E-state index is 13.1. The second kappa shape index (κ2) is 10.8. The number of esters is 1. The van der Waals surface area contributed by atoms with E-state index in [-0.39, 0.29) is 59.5 Å². The largest absolute Gasteiger partial charge is 1.00 e. The maximum absolute atomic E-state index is 13.1. The highest BCUT2D eigenvalue weighted by molar-refractivity contribution is 5.96. The molecule has 0 radical (unpaired) electrons. The van der Waals surface area contributed by atoms with E-state index in [2.05, 4.69) is 42.3 Å². The summed E-state index contributed by atoms with van der Waals surface area (Å²) in [4.78, 5) is 13.1. The van der Waals surface area contributed by atoms with Crippen LogP contribution in [0.2, 0.25) is 0 Å². The van der Waals surface area contributed by atoms with Crippen LogP contribution in [0.15, 0.2) is 60.7 Å². The molecule has 4 rings (SSSR count). The molecule has 0 aromatic heterocycles. The number of carbonyl (C=O) groups is 1. The Kier molecular flexibility index (Phi) is 9.14. The molecular formula is C28H34I2N2O4. The summed E-state index contributed by atoms with van der Waals surface area (Å²) in [5.41, 5.74) is 3.15. The Bertz CT molecular complexity index is 1200. The Morgan fingerprint density at radius 3 is 1.61 bits per heavy atom. The van der Waals surface area contributed by atoms with Gasteiger partial charge < -0.3 is 71.9 Å². The van der Waals surface area contributed by atoms with E-state index < -0.39 is 11.6 Å². The lowest BCUT2D eigenvalue weighted by atomic mass is 9.78. The van der Waals surface area contributed by atoms with Crippen LogP contribution in [-0.4, -0.2) is 67.4 Å². The van der Waals surface area contributed by atoms with E-state index in [1.165, 1.54) is 0 Å². The van der Waals surface area contributed by atoms with Crippen molar-refractivity contribution in [2.24, 2.45) is 0 Å². The topological polar surface area (TPSA) is 66.8 Å². The molecule has 8 heteroatoms. The van der Waals surface area contributed by atoms with Gasteiger partial charge in [-0.3, -0.25) is 0 Å². The third-order valence-corrected chi connectivity index (χ3v) is 6.03. The molecule has 0 amide bonds. The molecule has 0 fully saturated rings. The number of benzene rings is 3. The fraction of sp³-hybridized carbons (Fsp3) is 0.321. The average Bonchev–Trinajstić information content (AvgIpc) is 3.03. The van der Waals surface area contributed by atoms with Crippen LogP contribution < -0.4 is 48.0 Å². The molecule has 1 aliphatic rings. The molecule has 0 aliphatic carbocycles. The first-order valence-electron chi connectivity index (χ1n) is 11.4. The van der Waals surface area contributed by atoms with Gasteiger partial charge in [0.1, 0.15) is 24.6 Å². The fourth-order valence-electron chi connectivity index (χ4n) is 4.70. The Morgan fingerprint density at radius 1 is 0.722 bits per heavy atom. The van der Waals surface area contributed by atoms with Crippen LogP contribution >= 0.6 is 0 Å². The zero-order chi connectivity index (χ0) is 24.9. The van der Waals surface area contributed by atoms with Crippen LogP contribution in [0.4, 0.5) is 0 Å². The van der Waals surface area contributed by atoms with Crippen LogP contribution in [0.25, 0.3) is 0 Å². The van der Waals surface area contributed by atoms with Crippen LogP contribution in [-0.2, 0) is 23.4 Å². The minimum absolute atomic E-state index is 0. The van der Waals surface area contributed by atoms with Crippen molar-refractivity contribution >= 4 is 5.97 Å². The van der Waals surface area contributed by atoms with Gasteiger partial charge in [-0.15, -0.1) is 0 Å². The molecule has 3 aromatic rings. The number of ether oxygens (including phenoxy) is 1. The maximum Gasteiger partial charge on any atom is 0.340 e. The third kappa shape index (κ3) is 5.98. The lowest BCUT2D eigenvalue weighted by Crippen LogP contribution is -3.00. The second-order valence-electron chi connectivity index (χ2n) is 11.2. The summed E-state index contributed by atoms with van der Waals surface area (Å²) < 4.78 is 7.49. The highest BCUT2D eigenvalue weighted by Gasteiger charge is 2.49. The smallest absolute Gasteiger partial charge is 0.340 e. The lowest BCUT2D eigenvalue weighted by Gasteiger charge is -2.32. The van der Waals surface area contributed by atoms with Gasteiger partial charge in [-0.25, -0.2) is 4.79 Å². The number of phenols is 2. The predicted octanol–water partition coefficient (Wildman–Crippen LogP) is -2.02. The average molecular weight is 716 g/mol. The van der Waals surface area contributed by atoms with Crippen molar-refractivity contribution < 1.29 is 76.7 Å². The first kappa shape index (κ1) is 30.3. The zero-order valence-corrected chi connectivity index (χ0v) is 25.9. The summed E-state index contributed by atoms with van der Waals surface area (Å²) in [7, 11) is 12.4. The van der Waals surface area contributed by atoms with E-state index in [1.807, 2.05) is 42.5 Å². The third-order valence-electron chi connectivity index (χ3n) is 6.03. The van der Waals surface area contributed by atoms with Crippen molar-refractivity contribution in [3.8, 4) is 11.5 Å². The Hall–Kier alpha value is -1.89. The van der Waals surface area contributed by atoms with Crippen LogP contribution in [0, 0.1) is 0 Å². The molecular weight excluding hydrogens is 682 g/mol. The molecule has 1 aliphatic heterocycles. The van der Waals surface area contributed by atoms with Gasteiger partial charge >= 0.3 is 5.97 Å². The molecule has 0 unspecified atom stereocenters.